The SMILES string of the molecule is Cc1c(-c2ncco2)sc2c1c(=O)n(C(C)(C)C(=O)OC(C)(C)C)c(=O)n2C[C@H](O[C@@H](C)COC1CCCCO1)c1ccccc1. The van der Waals surface area contributed by atoms with Crippen LogP contribution in [0.25, 0.3) is 21.0 Å². The van der Waals surface area contributed by atoms with Gasteiger partial charge < -0.3 is 23.4 Å². The van der Waals surface area contributed by atoms with Crippen molar-refractivity contribution in [3.63, 3.8) is 0 Å². The lowest BCUT2D eigenvalue weighted by Gasteiger charge is -2.30. The van der Waals surface area contributed by atoms with Gasteiger partial charge in [-0.15, -0.1) is 11.3 Å². The molecule has 4 aromatic rings. The topological polar surface area (TPSA) is 124 Å². The predicted molar refractivity (Wildman–Crippen MR) is 175 cm³/mol. The van der Waals surface area contributed by atoms with Crippen molar-refractivity contribution < 1.29 is 28.2 Å². The Hall–Kier alpha value is -3.58. The Morgan fingerprint density at radius 3 is 2.50 bits per heavy atom. The summed E-state index contributed by atoms with van der Waals surface area (Å²) < 4.78 is 32.1. The number of aromatic nitrogens is 3. The van der Waals surface area contributed by atoms with E-state index in [1.54, 1.807) is 27.7 Å². The molecular formula is C34H43N3O8S. The van der Waals surface area contributed by atoms with E-state index in [0.717, 1.165) is 29.4 Å². The van der Waals surface area contributed by atoms with Crippen molar-refractivity contribution >= 4 is 27.5 Å². The number of fused-ring (bicyclic) bond motifs is 1. The molecule has 1 aliphatic heterocycles. The summed E-state index contributed by atoms with van der Waals surface area (Å²) in [5.41, 5.74) is -2.26. The van der Waals surface area contributed by atoms with Crippen molar-refractivity contribution in [2.24, 2.45) is 0 Å². The minimum Gasteiger partial charge on any atom is -0.458 e. The summed E-state index contributed by atoms with van der Waals surface area (Å²) in [7, 11) is 0. The number of esters is 1. The maximum absolute atomic E-state index is 14.5. The lowest BCUT2D eigenvalue weighted by atomic mass is 10.0. The molecule has 3 aromatic heterocycles. The van der Waals surface area contributed by atoms with Gasteiger partial charge in [0.25, 0.3) is 5.56 Å². The number of carbonyl (C=O) groups is 1. The maximum Gasteiger partial charge on any atom is 0.333 e. The van der Waals surface area contributed by atoms with E-state index >= 15 is 0 Å². The molecule has 1 aromatic carbocycles. The van der Waals surface area contributed by atoms with Crippen molar-refractivity contribution in [2.45, 2.75) is 104 Å². The molecule has 1 unspecified atom stereocenters. The van der Waals surface area contributed by atoms with Crippen molar-refractivity contribution in [3.05, 3.63) is 74.8 Å². The first kappa shape index (κ1) is 33.8. The Balaban J connectivity index is 1.62. The molecule has 0 radical (unpaired) electrons. The van der Waals surface area contributed by atoms with Crippen LogP contribution in [-0.4, -0.2) is 51.3 Å². The summed E-state index contributed by atoms with van der Waals surface area (Å²) in [5.74, 6) is -0.362. The number of carbonyl (C=O) groups excluding carboxylic acids is 1. The fourth-order valence-electron chi connectivity index (χ4n) is 5.50. The molecule has 1 aliphatic rings. The molecule has 5 rings (SSSR count). The van der Waals surface area contributed by atoms with Crippen LogP contribution in [0.2, 0.25) is 0 Å². The van der Waals surface area contributed by atoms with Gasteiger partial charge in [-0.05, 0) is 78.9 Å². The van der Waals surface area contributed by atoms with Crippen LogP contribution in [0.15, 0.2) is 56.8 Å². The Bertz CT molecular complexity index is 1760. The lowest BCUT2D eigenvalue weighted by Crippen LogP contribution is -2.54. The molecule has 3 atom stereocenters. The van der Waals surface area contributed by atoms with E-state index in [9.17, 15) is 14.4 Å². The van der Waals surface area contributed by atoms with Gasteiger partial charge in [-0.25, -0.2) is 19.1 Å². The minimum atomic E-state index is -1.63. The normalized spacial score (nSPS) is 17.2. The van der Waals surface area contributed by atoms with Crippen molar-refractivity contribution in [3.8, 4) is 10.8 Å². The average molecular weight is 654 g/mol. The van der Waals surface area contributed by atoms with Gasteiger partial charge in [0, 0.05) is 6.61 Å². The van der Waals surface area contributed by atoms with Crippen LogP contribution in [-0.2, 0) is 35.8 Å². The Morgan fingerprint density at radius 2 is 1.87 bits per heavy atom. The highest BCUT2D eigenvalue weighted by Gasteiger charge is 2.39. The fourth-order valence-corrected chi connectivity index (χ4v) is 6.74. The second-order valence-corrected chi connectivity index (χ2v) is 14.1. The number of hydrogen-bond donors (Lipinski definition) is 0. The molecular weight excluding hydrogens is 610 g/mol. The zero-order valence-corrected chi connectivity index (χ0v) is 28.3. The second kappa shape index (κ2) is 13.6. The van der Waals surface area contributed by atoms with Gasteiger partial charge in [-0.1, -0.05) is 30.3 Å². The van der Waals surface area contributed by atoms with Gasteiger partial charge in [0.2, 0.25) is 5.89 Å². The highest BCUT2D eigenvalue weighted by Crippen LogP contribution is 2.36. The molecule has 46 heavy (non-hydrogen) atoms. The molecule has 248 valence electrons. The number of ether oxygens (including phenoxy) is 4. The number of oxazole rings is 1. The minimum absolute atomic E-state index is 0.0548. The van der Waals surface area contributed by atoms with E-state index in [1.165, 1.54) is 42.2 Å². The van der Waals surface area contributed by atoms with Crippen molar-refractivity contribution in [1.29, 1.82) is 0 Å². The van der Waals surface area contributed by atoms with E-state index in [-0.39, 0.29) is 18.9 Å². The Labute approximate surface area is 272 Å². The van der Waals surface area contributed by atoms with E-state index in [2.05, 4.69) is 4.98 Å². The number of rotatable bonds is 11. The van der Waals surface area contributed by atoms with Gasteiger partial charge in [0.15, 0.2) is 6.29 Å². The molecule has 1 saturated heterocycles. The molecule has 1 fully saturated rings. The quantitative estimate of drug-likeness (QED) is 0.181. The molecule has 0 amide bonds. The number of thiophene rings is 1. The largest absolute Gasteiger partial charge is 0.458 e. The number of hydrogen-bond acceptors (Lipinski definition) is 10. The predicted octanol–water partition coefficient (Wildman–Crippen LogP) is 5.95. The first-order valence-corrected chi connectivity index (χ1v) is 16.5. The van der Waals surface area contributed by atoms with Crippen LogP contribution in [0.1, 0.15) is 78.0 Å². The first-order chi connectivity index (χ1) is 21.8. The molecule has 4 heterocycles. The third-order valence-corrected chi connectivity index (χ3v) is 9.17. The van der Waals surface area contributed by atoms with E-state index in [1.807, 2.05) is 37.3 Å². The van der Waals surface area contributed by atoms with E-state index in [0.29, 0.717) is 39.8 Å². The monoisotopic (exact) mass is 653 g/mol. The second-order valence-electron chi connectivity index (χ2n) is 13.1. The summed E-state index contributed by atoms with van der Waals surface area (Å²) in [6, 6.07) is 9.59. The number of nitrogens with zero attached hydrogens (tertiary/aromatic N) is 3. The summed E-state index contributed by atoms with van der Waals surface area (Å²) in [4.78, 5) is 47.6. The van der Waals surface area contributed by atoms with Gasteiger partial charge in [0.05, 0.1) is 35.7 Å². The molecule has 0 spiro atoms. The lowest BCUT2D eigenvalue weighted by molar-refractivity contribution is -0.183. The van der Waals surface area contributed by atoms with Gasteiger partial charge in [-0.3, -0.25) is 9.36 Å². The average Bonchev–Trinajstić information content (AvgIpc) is 3.66. The molecule has 12 heteroatoms. The van der Waals surface area contributed by atoms with Crippen LogP contribution < -0.4 is 11.2 Å². The molecule has 0 bridgehead atoms. The summed E-state index contributed by atoms with van der Waals surface area (Å²) in [5, 5.41) is 0.298. The Kier molecular flexibility index (Phi) is 10.0. The van der Waals surface area contributed by atoms with Crippen LogP contribution in [0.5, 0.6) is 0 Å². The zero-order valence-electron chi connectivity index (χ0n) is 27.5. The zero-order chi connectivity index (χ0) is 33.2. The molecule has 0 N–H and O–H groups in total. The third kappa shape index (κ3) is 7.20. The highest BCUT2D eigenvalue weighted by atomic mass is 32.1. The van der Waals surface area contributed by atoms with E-state index in [4.69, 9.17) is 23.4 Å². The van der Waals surface area contributed by atoms with Crippen LogP contribution >= 0.6 is 11.3 Å². The van der Waals surface area contributed by atoms with Crippen molar-refractivity contribution in [2.75, 3.05) is 13.2 Å². The van der Waals surface area contributed by atoms with Crippen LogP contribution in [0.3, 0.4) is 0 Å². The molecule has 0 saturated carbocycles. The first-order valence-electron chi connectivity index (χ1n) is 15.6. The van der Waals surface area contributed by atoms with Crippen LogP contribution in [0.4, 0.5) is 0 Å². The van der Waals surface area contributed by atoms with Crippen molar-refractivity contribution in [1.82, 2.24) is 14.1 Å². The Morgan fingerprint density at radius 1 is 1.13 bits per heavy atom. The summed E-state index contributed by atoms with van der Waals surface area (Å²) in [6.45, 7) is 13.0. The maximum atomic E-state index is 14.5. The van der Waals surface area contributed by atoms with Gasteiger partial charge >= 0.3 is 11.7 Å². The summed E-state index contributed by atoms with van der Waals surface area (Å²) in [6.07, 6.45) is 4.68. The molecule has 0 aliphatic carbocycles. The number of aryl methyl sites for hydroxylation is 1. The molecule has 11 nitrogen and oxygen atoms in total. The standard InChI is InChI=1S/C34H43N3O8S/c1-21(20-43-25-15-11-12-17-41-25)44-24(23-13-9-8-10-14-23)19-36-30-26(22(2)27(46-30)28-35-16-18-42-28)29(38)37(32(36)40)34(6,7)31(39)45-33(3,4)5/h8-10,13-14,16,18,21,24-25H,11-12,15,17,19-20H2,1-7H3/t21-,24-,25?/m0/s1. The van der Waals surface area contributed by atoms with Gasteiger partial charge in [-0.2, -0.15) is 0 Å². The third-order valence-electron chi connectivity index (χ3n) is 7.87. The fraction of sp³-hybridized carbons (Fsp3) is 0.529. The van der Waals surface area contributed by atoms with E-state index < -0.39 is 34.5 Å². The smallest absolute Gasteiger partial charge is 0.333 e. The summed E-state index contributed by atoms with van der Waals surface area (Å²) >= 11 is 1.24. The highest BCUT2D eigenvalue weighted by molar-refractivity contribution is 7.22. The van der Waals surface area contributed by atoms with Crippen LogP contribution in [0, 0.1) is 6.92 Å². The number of benzene rings is 1. The van der Waals surface area contributed by atoms with Gasteiger partial charge in [0.1, 0.15) is 28.3 Å².